The Kier molecular flexibility index (Phi) is 5.56. The first-order valence-electron chi connectivity index (χ1n) is 6.71. The van der Waals surface area contributed by atoms with Crippen molar-refractivity contribution in [1.29, 1.82) is 0 Å². The van der Waals surface area contributed by atoms with E-state index in [1.807, 2.05) is 32.6 Å². The van der Waals surface area contributed by atoms with Crippen LogP contribution in [-0.2, 0) is 9.53 Å². The zero-order valence-corrected chi connectivity index (χ0v) is 11.9. The number of nitrogens with one attached hydrogen (secondary N) is 1. The third-order valence-corrected chi connectivity index (χ3v) is 2.99. The predicted molar refractivity (Wildman–Crippen MR) is 69.9 cm³/mol. The van der Waals surface area contributed by atoms with Crippen LogP contribution in [0.5, 0.6) is 0 Å². The van der Waals surface area contributed by atoms with E-state index < -0.39 is 6.41 Å². The molecule has 0 aliphatic carbocycles. The largest absolute Gasteiger partial charge is 0.356 e. The van der Waals surface area contributed by atoms with Gasteiger partial charge in [-0.2, -0.15) is 0 Å². The number of carbonyl (C=O) groups is 1. The van der Waals surface area contributed by atoms with Gasteiger partial charge in [-0.15, -0.1) is 0 Å². The van der Waals surface area contributed by atoms with Gasteiger partial charge in [0.15, 0.2) is 0 Å². The van der Waals surface area contributed by atoms with Gasteiger partial charge in [-0.1, -0.05) is 6.92 Å². The topological polar surface area (TPSA) is 61.8 Å². The van der Waals surface area contributed by atoms with E-state index in [-0.39, 0.29) is 17.6 Å². The molecule has 2 N–H and O–H groups in total. The Hall–Kier alpha value is -0.650. The molecule has 106 valence electrons. The SMILES string of the molecule is CCC(=O)NC1CCN(C(O)OC(C)(C)C)CC1. The molecule has 0 radical (unpaired) electrons. The molecule has 1 amide bonds. The van der Waals surface area contributed by atoms with Gasteiger partial charge in [-0.05, 0) is 33.6 Å². The Morgan fingerprint density at radius 1 is 1.44 bits per heavy atom. The second-order valence-electron chi connectivity index (χ2n) is 5.79. The van der Waals surface area contributed by atoms with E-state index in [0.717, 1.165) is 25.9 Å². The van der Waals surface area contributed by atoms with Crippen LogP contribution < -0.4 is 5.32 Å². The molecule has 0 aromatic heterocycles. The molecule has 0 aromatic carbocycles. The quantitative estimate of drug-likeness (QED) is 0.740. The first-order chi connectivity index (χ1) is 8.31. The number of ether oxygens (including phenoxy) is 1. The van der Waals surface area contributed by atoms with E-state index in [9.17, 15) is 9.90 Å². The summed E-state index contributed by atoms with van der Waals surface area (Å²) in [5.41, 5.74) is -0.354. The van der Waals surface area contributed by atoms with Crippen LogP contribution in [0.15, 0.2) is 0 Å². The van der Waals surface area contributed by atoms with E-state index in [1.54, 1.807) is 0 Å². The lowest BCUT2D eigenvalue weighted by atomic mass is 10.1. The molecule has 1 rings (SSSR count). The highest BCUT2D eigenvalue weighted by Crippen LogP contribution is 2.17. The van der Waals surface area contributed by atoms with E-state index in [0.29, 0.717) is 6.42 Å². The first-order valence-corrected chi connectivity index (χ1v) is 6.71. The van der Waals surface area contributed by atoms with Crippen molar-refractivity contribution in [3.63, 3.8) is 0 Å². The lowest BCUT2D eigenvalue weighted by molar-refractivity contribution is -0.242. The second-order valence-corrected chi connectivity index (χ2v) is 5.79. The minimum absolute atomic E-state index is 0.0972. The van der Waals surface area contributed by atoms with Gasteiger partial charge in [0, 0.05) is 25.6 Å². The molecule has 0 aromatic rings. The van der Waals surface area contributed by atoms with Gasteiger partial charge >= 0.3 is 0 Å². The Bertz CT molecular complexity index is 268. The zero-order valence-electron chi connectivity index (χ0n) is 11.9. The summed E-state index contributed by atoms with van der Waals surface area (Å²) in [5.74, 6) is 0.0972. The molecule has 5 nitrogen and oxygen atoms in total. The highest BCUT2D eigenvalue weighted by atomic mass is 16.6. The van der Waals surface area contributed by atoms with Gasteiger partial charge in [-0.3, -0.25) is 9.69 Å². The molecule has 1 aliphatic rings. The predicted octanol–water partition coefficient (Wildman–Crippen LogP) is 1.07. The van der Waals surface area contributed by atoms with Gasteiger partial charge in [0.25, 0.3) is 0 Å². The van der Waals surface area contributed by atoms with E-state index in [1.165, 1.54) is 0 Å². The minimum Gasteiger partial charge on any atom is -0.356 e. The van der Waals surface area contributed by atoms with Crippen LogP contribution >= 0.6 is 0 Å². The van der Waals surface area contributed by atoms with Crippen LogP contribution in [0.1, 0.15) is 47.0 Å². The molecule has 5 heteroatoms. The average molecular weight is 258 g/mol. The summed E-state index contributed by atoms with van der Waals surface area (Å²) in [6, 6.07) is 0.232. The zero-order chi connectivity index (χ0) is 13.8. The van der Waals surface area contributed by atoms with E-state index in [2.05, 4.69) is 5.32 Å². The van der Waals surface area contributed by atoms with Crippen LogP contribution in [0.2, 0.25) is 0 Å². The van der Waals surface area contributed by atoms with Crippen LogP contribution in [0.3, 0.4) is 0 Å². The number of hydrogen-bond acceptors (Lipinski definition) is 4. The van der Waals surface area contributed by atoms with Gasteiger partial charge in [-0.25, -0.2) is 0 Å². The van der Waals surface area contributed by atoms with Gasteiger partial charge in [0.1, 0.15) is 0 Å². The summed E-state index contributed by atoms with van der Waals surface area (Å²) in [5, 5.41) is 12.9. The molecule has 1 aliphatic heterocycles. The van der Waals surface area contributed by atoms with Crippen molar-refractivity contribution in [2.75, 3.05) is 13.1 Å². The monoisotopic (exact) mass is 258 g/mol. The number of aliphatic hydroxyl groups is 1. The van der Waals surface area contributed by atoms with Crippen LogP contribution in [0, 0.1) is 0 Å². The number of aliphatic hydroxyl groups excluding tert-OH is 1. The summed E-state index contributed by atoms with van der Waals surface area (Å²) < 4.78 is 5.51. The molecule has 1 fully saturated rings. The molecule has 1 unspecified atom stereocenters. The van der Waals surface area contributed by atoms with Crippen LogP contribution in [0.25, 0.3) is 0 Å². The van der Waals surface area contributed by atoms with Gasteiger partial charge in [0.2, 0.25) is 12.3 Å². The normalized spacial score (nSPS) is 20.7. The summed E-state index contributed by atoms with van der Waals surface area (Å²) in [6.45, 7) is 9.10. The third-order valence-electron chi connectivity index (χ3n) is 2.99. The highest BCUT2D eigenvalue weighted by Gasteiger charge is 2.27. The summed E-state index contributed by atoms with van der Waals surface area (Å²) in [4.78, 5) is 13.2. The Morgan fingerprint density at radius 2 is 2.00 bits per heavy atom. The molecular weight excluding hydrogens is 232 g/mol. The van der Waals surface area contributed by atoms with Gasteiger partial charge in [0.05, 0.1) is 5.60 Å². The van der Waals surface area contributed by atoms with Crippen molar-refractivity contribution in [3.8, 4) is 0 Å². The number of amides is 1. The molecule has 1 atom stereocenters. The Balaban J connectivity index is 2.32. The first kappa shape index (κ1) is 15.4. The molecule has 0 saturated carbocycles. The Labute approximate surface area is 109 Å². The number of likely N-dealkylation sites (tertiary alicyclic amines) is 1. The van der Waals surface area contributed by atoms with Crippen molar-refractivity contribution in [2.45, 2.75) is 65.0 Å². The maximum absolute atomic E-state index is 11.3. The lowest BCUT2D eigenvalue weighted by Gasteiger charge is -2.37. The minimum atomic E-state index is -0.854. The fourth-order valence-electron chi connectivity index (χ4n) is 1.99. The average Bonchev–Trinajstić information content (AvgIpc) is 2.27. The molecule has 0 bridgehead atoms. The maximum Gasteiger partial charge on any atom is 0.219 e. The number of rotatable bonds is 4. The van der Waals surface area contributed by atoms with E-state index >= 15 is 0 Å². The second kappa shape index (κ2) is 6.50. The maximum atomic E-state index is 11.3. The van der Waals surface area contributed by atoms with Crippen molar-refractivity contribution >= 4 is 5.91 Å². The lowest BCUT2D eigenvalue weighted by Crippen LogP contribution is -2.50. The fourth-order valence-corrected chi connectivity index (χ4v) is 1.99. The van der Waals surface area contributed by atoms with Crippen LogP contribution in [-0.4, -0.2) is 47.1 Å². The summed E-state index contributed by atoms with van der Waals surface area (Å²) in [7, 11) is 0. The highest BCUT2D eigenvalue weighted by molar-refractivity contribution is 5.75. The number of carbonyl (C=O) groups excluding carboxylic acids is 1. The van der Waals surface area contributed by atoms with E-state index in [4.69, 9.17) is 4.74 Å². The third kappa shape index (κ3) is 5.33. The molecule has 18 heavy (non-hydrogen) atoms. The summed E-state index contributed by atoms with van der Waals surface area (Å²) in [6.07, 6.45) is 1.38. The Morgan fingerprint density at radius 3 is 2.44 bits per heavy atom. The molecule has 1 saturated heterocycles. The van der Waals surface area contributed by atoms with Crippen molar-refractivity contribution in [2.24, 2.45) is 0 Å². The van der Waals surface area contributed by atoms with Crippen molar-refractivity contribution in [1.82, 2.24) is 10.2 Å². The smallest absolute Gasteiger partial charge is 0.219 e. The fraction of sp³-hybridized carbons (Fsp3) is 0.923. The molecular formula is C13H26N2O3. The number of hydrogen-bond donors (Lipinski definition) is 2. The molecule has 1 heterocycles. The summed E-state index contributed by atoms with van der Waals surface area (Å²) >= 11 is 0. The number of piperidine rings is 1. The van der Waals surface area contributed by atoms with Crippen molar-refractivity contribution in [3.05, 3.63) is 0 Å². The standard InChI is InChI=1S/C13H26N2O3/c1-5-11(16)14-10-6-8-15(9-7-10)12(17)18-13(2,3)4/h10,12,17H,5-9H2,1-4H3,(H,14,16). The number of nitrogens with zero attached hydrogens (tertiary/aromatic N) is 1. The van der Waals surface area contributed by atoms with Gasteiger partial charge < -0.3 is 15.2 Å². The van der Waals surface area contributed by atoms with Crippen LogP contribution in [0.4, 0.5) is 0 Å². The van der Waals surface area contributed by atoms with Crippen molar-refractivity contribution < 1.29 is 14.6 Å². The molecule has 0 spiro atoms.